The van der Waals surface area contributed by atoms with Crippen LogP contribution in [0, 0.1) is 0 Å². The topological polar surface area (TPSA) is 24.9 Å². The smallest absolute Gasteiger partial charge is 0.124 e. The summed E-state index contributed by atoms with van der Waals surface area (Å²) in [5.41, 5.74) is 2.21. The third-order valence-electron chi connectivity index (χ3n) is 2.86. The summed E-state index contributed by atoms with van der Waals surface area (Å²) in [6, 6.07) is 6.52. The molecular weight excluding hydrogens is 332 g/mol. The van der Waals surface area contributed by atoms with Gasteiger partial charge in [0.2, 0.25) is 0 Å². The predicted octanol–water partition coefficient (Wildman–Crippen LogP) is 4.48. The molecule has 1 fully saturated rings. The Balaban J connectivity index is 1.78. The zero-order valence-electron chi connectivity index (χ0n) is 9.62. The molecule has 18 heavy (non-hydrogen) atoms. The van der Waals surface area contributed by atoms with E-state index in [1.807, 2.05) is 18.2 Å². The zero-order valence-corrected chi connectivity index (χ0v) is 12.8. The van der Waals surface area contributed by atoms with E-state index in [1.165, 1.54) is 12.8 Å². The van der Waals surface area contributed by atoms with Crippen molar-refractivity contribution in [2.45, 2.75) is 25.4 Å². The number of hydrogen-bond donors (Lipinski definition) is 1. The molecule has 0 radical (unpaired) electrons. The molecule has 1 heterocycles. The van der Waals surface area contributed by atoms with E-state index in [4.69, 9.17) is 11.6 Å². The molecule has 1 aromatic heterocycles. The van der Waals surface area contributed by atoms with Crippen LogP contribution in [-0.2, 0) is 6.54 Å². The number of rotatable bonds is 4. The zero-order chi connectivity index (χ0) is 12.5. The van der Waals surface area contributed by atoms with Crippen LogP contribution in [0.2, 0.25) is 5.02 Å². The highest BCUT2D eigenvalue weighted by atomic mass is 79.9. The minimum absolute atomic E-state index is 0.720. The third kappa shape index (κ3) is 2.94. The molecule has 5 heteroatoms. The lowest BCUT2D eigenvalue weighted by atomic mass is 10.2. The first-order valence-corrected chi connectivity index (χ1v) is 7.90. The van der Waals surface area contributed by atoms with E-state index in [-0.39, 0.29) is 0 Å². The van der Waals surface area contributed by atoms with Crippen molar-refractivity contribution in [2.75, 3.05) is 0 Å². The average Bonchev–Trinajstić information content (AvgIpc) is 3.05. The van der Waals surface area contributed by atoms with Gasteiger partial charge in [0.25, 0.3) is 0 Å². The summed E-state index contributed by atoms with van der Waals surface area (Å²) in [5.74, 6) is 0. The Kier molecular flexibility index (Phi) is 3.71. The quantitative estimate of drug-likeness (QED) is 0.885. The van der Waals surface area contributed by atoms with Crippen LogP contribution in [0.1, 0.15) is 18.5 Å². The fraction of sp³-hybridized carbons (Fsp3) is 0.308. The number of nitrogens with zero attached hydrogens (tertiary/aromatic N) is 1. The van der Waals surface area contributed by atoms with Gasteiger partial charge in [-0.05, 0) is 31.0 Å². The molecule has 0 amide bonds. The van der Waals surface area contributed by atoms with Crippen LogP contribution in [-0.4, -0.2) is 11.0 Å². The molecule has 0 aliphatic heterocycles. The van der Waals surface area contributed by atoms with Crippen LogP contribution in [0.15, 0.2) is 28.1 Å². The monoisotopic (exact) mass is 342 g/mol. The SMILES string of the molecule is Clc1ccc(-c2nc(CNC3CC3)cs2)c(Br)c1. The van der Waals surface area contributed by atoms with Crippen molar-refractivity contribution in [1.82, 2.24) is 10.3 Å². The molecule has 1 N–H and O–H groups in total. The van der Waals surface area contributed by atoms with Crippen LogP contribution in [0.25, 0.3) is 10.6 Å². The number of thiazole rings is 1. The lowest BCUT2D eigenvalue weighted by Crippen LogP contribution is -2.15. The molecule has 1 aliphatic carbocycles. The van der Waals surface area contributed by atoms with Crippen LogP contribution in [0.3, 0.4) is 0 Å². The molecule has 0 bridgehead atoms. The van der Waals surface area contributed by atoms with Gasteiger partial charge in [0.05, 0.1) is 5.69 Å². The van der Waals surface area contributed by atoms with Crippen LogP contribution < -0.4 is 5.32 Å². The maximum Gasteiger partial charge on any atom is 0.124 e. The number of benzene rings is 1. The van der Waals surface area contributed by atoms with Crippen molar-refractivity contribution in [2.24, 2.45) is 0 Å². The summed E-state index contributed by atoms with van der Waals surface area (Å²) in [4.78, 5) is 4.65. The first-order chi connectivity index (χ1) is 8.72. The van der Waals surface area contributed by atoms with E-state index in [2.05, 4.69) is 31.6 Å². The summed E-state index contributed by atoms with van der Waals surface area (Å²) in [7, 11) is 0. The highest BCUT2D eigenvalue weighted by molar-refractivity contribution is 9.10. The molecule has 0 saturated heterocycles. The Morgan fingerprint density at radius 1 is 1.44 bits per heavy atom. The van der Waals surface area contributed by atoms with E-state index in [1.54, 1.807) is 11.3 Å². The maximum absolute atomic E-state index is 5.94. The fourth-order valence-electron chi connectivity index (χ4n) is 1.71. The van der Waals surface area contributed by atoms with Crippen LogP contribution in [0.4, 0.5) is 0 Å². The summed E-state index contributed by atoms with van der Waals surface area (Å²) in [6.45, 7) is 0.867. The lowest BCUT2D eigenvalue weighted by molar-refractivity contribution is 0.678. The number of nitrogens with one attached hydrogen (secondary N) is 1. The summed E-state index contributed by atoms with van der Waals surface area (Å²) in [5, 5.41) is 7.36. The van der Waals surface area contributed by atoms with Gasteiger partial charge in [-0.15, -0.1) is 11.3 Å². The van der Waals surface area contributed by atoms with Gasteiger partial charge in [-0.3, -0.25) is 0 Å². The second-order valence-corrected chi connectivity index (χ2v) is 6.57. The third-order valence-corrected chi connectivity index (χ3v) is 4.68. The van der Waals surface area contributed by atoms with Crippen molar-refractivity contribution in [3.05, 3.63) is 38.8 Å². The predicted molar refractivity (Wildman–Crippen MR) is 80.1 cm³/mol. The maximum atomic E-state index is 5.94. The highest BCUT2D eigenvalue weighted by Crippen LogP contribution is 2.32. The second kappa shape index (κ2) is 5.29. The van der Waals surface area contributed by atoms with Gasteiger partial charge in [-0.25, -0.2) is 4.98 Å². The molecule has 0 unspecified atom stereocenters. The Hall–Kier alpha value is -0.420. The van der Waals surface area contributed by atoms with E-state index in [0.29, 0.717) is 0 Å². The largest absolute Gasteiger partial charge is 0.308 e. The van der Waals surface area contributed by atoms with Crippen LogP contribution >= 0.6 is 38.9 Å². The van der Waals surface area contributed by atoms with Gasteiger partial charge in [0.1, 0.15) is 5.01 Å². The van der Waals surface area contributed by atoms with Crippen molar-refractivity contribution < 1.29 is 0 Å². The molecule has 1 aromatic carbocycles. The second-order valence-electron chi connectivity index (χ2n) is 4.42. The Labute approximate surface area is 124 Å². The molecule has 0 atom stereocenters. The summed E-state index contributed by atoms with van der Waals surface area (Å²) >= 11 is 11.1. The minimum Gasteiger partial charge on any atom is -0.308 e. The van der Waals surface area contributed by atoms with E-state index < -0.39 is 0 Å². The first-order valence-electron chi connectivity index (χ1n) is 5.85. The molecule has 3 rings (SSSR count). The molecule has 0 spiro atoms. The molecule has 1 aliphatic rings. The van der Waals surface area contributed by atoms with Gasteiger partial charge in [-0.2, -0.15) is 0 Å². The molecular formula is C13H12BrClN2S. The van der Waals surface area contributed by atoms with Crippen LogP contribution in [0.5, 0.6) is 0 Å². The molecule has 1 saturated carbocycles. The Bertz CT molecular complexity index is 566. The normalized spacial score (nSPS) is 15.0. The number of halogens is 2. The minimum atomic E-state index is 0.720. The summed E-state index contributed by atoms with van der Waals surface area (Å²) in [6.07, 6.45) is 2.61. The van der Waals surface area contributed by atoms with E-state index in [0.717, 1.165) is 38.3 Å². The van der Waals surface area contributed by atoms with Crippen molar-refractivity contribution in [3.63, 3.8) is 0 Å². The van der Waals surface area contributed by atoms with Gasteiger partial charge < -0.3 is 5.32 Å². The highest BCUT2D eigenvalue weighted by Gasteiger charge is 2.20. The molecule has 2 aromatic rings. The number of aromatic nitrogens is 1. The molecule has 94 valence electrons. The number of hydrogen-bond acceptors (Lipinski definition) is 3. The fourth-order valence-corrected chi connectivity index (χ4v) is 3.57. The van der Waals surface area contributed by atoms with Crippen molar-refractivity contribution >= 4 is 38.9 Å². The van der Waals surface area contributed by atoms with Crippen molar-refractivity contribution in [3.8, 4) is 10.6 Å². The Morgan fingerprint density at radius 3 is 3.00 bits per heavy atom. The summed E-state index contributed by atoms with van der Waals surface area (Å²) < 4.78 is 0.992. The Morgan fingerprint density at radius 2 is 2.28 bits per heavy atom. The lowest BCUT2D eigenvalue weighted by Gasteiger charge is -2.01. The first kappa shape index (κ1) is 12.6. The van der Waals surface area contributed by atoms with Gasteiger partial charge in [-0.1, -0.05) is 27.5 Å². The standard InChI is InChI=1S/C13H12BrClN2S/c14-12-5-8(15)1-4-11(12)13-17-10(7-18-13)6-16-9-2-3-9/h1,4-5,7,9,16H,2-3,6H2. The van der Waals surface area contributed by atoms with Crippen molar-refractivity contribution in [1.29, 1.82) is 0 Å². The van der Waals surface area contributed by atoms with E-state index in [9.17, 15) is 0 Å². The average molecular weight is 344 g/mol. The van der Waals surface area contributed by atoms with Gasteiger partial charge in [0, 0.05) is 33.0 Å². The van der Waals surface area contributed by atoms with E-state index >= 15 is 0 Å². The van der Waals surface area contributed by atoms with Gasteiger partial charge in [0.15, 0.2) is 0 Å². The van der Waals surface area contributed by atoms with Gasteiger partial charge >= 0.3 is 0 Å². The molecule has 2 nitrogen and oxygen atoms in total.